The maximum atomic E-state index is 15.8. The van der Waals surface area contributed by atoms with Crippen LogP contribution in [0.2, 0.25) is 0 Å². The molecule has 11 heteroatoms. The Morgan fingerprint density at radius 2 is 1.74 bits per heavy atom. The number of aryl methyl sites for hydroxylation is 1. The molecule has 1 aliphatic heterocycles. The van der Waals surface area contributed by atoms with E-state index in [1.54, 1.807) is 24.1 Å². The van der Waals surface area contributed by atoms with Crippen LogP contribution in [0, 0.1) is 24.4 Å². The van der Waals surface area contributed by atoms with Crippen molar-refractivity contribution in [2.75, 3.05) is 18.0 Å². The van der Waals surface area contributed by atoms with Crippen LogP contribution in [-0.2, 0) is 4.79 Å². The third kappa shape index (κ3) is 4.82. The number of rotatable bonds is 5. The van der Waals surface area contributed by atoms with Crippen molar-refractivity contribution in [2.24, 2.45) is 0 Å². The van der Waals surface area contributed by atoms with Crippen LogP contribution in [0.3, 0.4) is 0 Å². The van der Waals surface area contributed by atoms with Gasteiger partial charge in [0, 0.05) is 31.4 Å². The first-order chi connectivity index (χ1) is 19.9. The van der Waals surface area contributed by atoms with Gasteiger partial charge in [-0.05, 0) is 62.6 Å². The zero-order chi connectivity index (χ0) is 30.5. The number of piperazine rings is 1. The van der Waals surface area contributed by atoms with Gasteiger partial charge in [-0.15, -0.1) is 0 Å². The van der Waals surface area contributed by atoms with Crippen LogP contribution >= 0.6 is 0 Å². The van der Waals surface area contributed by atoms with Gasteiger partial charge in [-0.25, -0.2) is 27.5 Å². The molecule has 2 atom stereocenters. The van der Waals surface area contributed by atoms with Crippen LogP contribution in [0.5, 0.6) is 0 Å². The van der Waals surface area contributed by atoms with Crippen molar-refractivity contribution in [3.8, 4) is 16.9 Å². The molecule has 0 aliphatic carbocycles. The van der Waals surface area contributed by atoms with Crippen LogP contribution in [0.4, 0.5) is 19.0 Å². The maximum absolute atomic E-state index is 15.8. The number of hydrogen-bond acceptors (Lipinski definition) is 6. The Labute approximate surface area is 241 Å². The molecule has 0 spiro atoms. The van der Waals surface area contributed by atoms with Crippen molar-refractivity contribution in [1.82, 2.24) is 24.4 Å². The number of fused-ring (bicyclic) bond motifs is 1. The lowest BCUT2D eigenvalue weighted by molar-refractivity contribution is -0.128. The fraction of sp³-hybridized carbons (Fsp3) is 0.323. The van der Waals surface area contributed by atoms with Crippen LogP contribution in [0.15, 0.2) is 54.0 Å². The number of halogens is 3. The summed E-state index contributed by atoms with van der Waals surface area (Å²) < 4.78 is 46.8. The highest BCUT2D eigenvalue weighted by atomic mass is 19.1. The second kappa shape index (κ2) is 11.0. The predicted molar refractivity (Wildman–Crippen MR) is 155 cm³/mol. The lowest BCUT2D eigenvalue weighted by Crippen LogP contribution is -2.58. The van der Waals surface area contributed by atoms with E-state index in [0.29, 0.717) is 30.0 Å². The van der Waals surface area contributed by atoms with E-state index in [9.17, 15) is 18.4 Å². The molecule has 42 heavy (non-hydrogen) atoms. The molecule has 5 rings (SSSR count). The van der Waals surface area contributed by atoms with Crippen molar-refractivity contribution in [1.29, 1.82) is 0 Å². The molecular formula is C31H31F3N6O2. The Morgan fingerprint density at radius 1 is 1.05 bits per heavy atom. The van der Waals surface area contributed by atoms with Gasteiger partial charge in [-0.1, -0.05) is 26.5 Å². The van der Waals surface area contributed by atoms with Crippen molar-refractivity contribution < 1.29 is 18.0 Å². The van der Waals surface area contributed by atoms with Gasteiger partial charge < -0.3 is 9.80 Å². The Morgan fingerprint density at radius 3 is 2.38 bits per heavy atom. The molecule has 0 saturated carbocycles. The van der Waals surface area contributed by atoms with E-state index in [1.165, 1.54) is 16.7 Å². The average Bonchev–Trinajstić information content (AvgIpc) is 2.94. The molecular weight excluding hydrogens is 545 g/mol. The lowest BCUT2D eigenvalue weighted by Gasteiger charge is -2.44. The van der Waals surface area contributed by atoms with E-state index in [0.717, 1.165) is 18.2 Å². The summed E-state index contributed by atoms with van der Waals surface area (Å²) >= 11 is 0. The van der Waals surface area contributed by atoms with Gasteiger partial charge in [-0.2, -0.15) is 4.98 Å². The number of nitrogens with zero attached hydrogens (tertiary/aromatic N) is 6. The molecule has 1 amide bonds. The first-order valence-corrected chi connectivity index (χ1v) is 13.7. The molecule has 8 nitrogen and oxygen atoms in total. The zero-order valence-electron chi connectivity index (χ0n) is 24.0. The van der Waals surface area contributed by atoms with E-state index in [2.05, 4.69) is 21.5 Å². The van der Waals surface area contributed by atoms with Gasteiger partial charge >= 0.3 is 5.69 Å². The van der Waals surface area contributed by atoms with Gasteiger partial charge in [0.05, 0.1) is 22.3 Å². The zero-order valence-corrected chi connectivity index (χ0v) is 24.0. The minimum atomic E-state index is -0.991. The smallest absolute Gasteiger partial charge is 0.349 e. The summed E-state index contributed by atoms with van der Waals surface area (Å²) in [4.78, 5) is 43.2. The molecule has 0 radical (unpaired) electrons. The highest BCUT2D eigenvalue weighted by molar-refractivity contribution is 5.91. The molecule has 0 unspecified atom stereocenters. The SMILES string of the molecule is C=CC(=O)N1C[C@H](C)N(c2nc(=O)n(-c3c(C)ccnc3C(C)C)c3nc(-c4c(F)cccc4F)c(F)cc23)C[C@H]1C. The quantitative estimate of drug-likeness (QED) is 0.300. The van der Waals surface area contributed by atoms with E-state index in [1.807, 2.05) is 32.6 Å². The molecule has 218 valence electrons. The molecule has 1 saturated heterocycles. The van der Waals surface area contributed by atoms with Crippen LogP contribution in [0.25, 0.3) is 28.0 Å². The predicted octanol–water partition coefficient (Wildman–Crippen LogP) is 5.30. The minimum Gasteiger partial charge on any atom is -0.349 e. The number of aromatic nitrogens is 4. The summed E-state index contributed by atoms with van der Waals surface area (Å²) in [7, 11) is 0. The standard InChI is InChI=1S/C31H31F3N6O2/c1-7-24(41)38-14-19(6)39(15-18(38)5)29-20-13-23(34)27(25-21(32)9-8-10-22(25)33)36-30(20)40(31(42)37-29)28-17(4)11-12-35-26(28)16(2)3/h7-13,16,18-19H,1,14-15H2,2-6H3/t18-,19+/m1/s1. The number of pyridine rings is 2. The average molecular weight is 577 g/mol. The molecule has 4 heterocycles. The number of carbonyl (C=O) groups excluding carboxylic acids is 1. The number of anilines is 1. The number of carbonyl (C=O) groups is 1. The van der Waals surface area contributed by atoms with E-state index in [4.69, 9.17) is 0 Å². The summed E-state index contributed by atoms with van der Waals surface area (Å²) in [5.74, 6) is -3.13. The summed E-state index contributed by atoms with van der Waals surface area (Å²) in [6.07, 6.45) is 2.88. The molecule has 3 aromatic heterocycles. The van der Waals surface area contributed by atoms with Crippen molar-refractivity contribution >= 4 is 22.8 Å². The van der Waals surface area contributed by atoms with E-state index in [-0.39, 0.29) is 40.8 Å². The monoisotopic (exact) mass is 576 g/mol. The van der Waals surface area contributed by atoms with E-state index >= 15 is 4.39 Å². The third-order valence-corrected chi connectivity index (χ3v) is 7.64. The van der Waals surface area contributed by atoms with E-state index < -0.39 is 34.4 Å². The Bertz CT molecular complexity index is 1770. The normalized spacial score (nSPS) is 17.3. The van der Waals surface area contributed by atoms with Crippen molar-refractivity contribution in [2.45, 2.75) is 52.6 Å². The van der Waals surface area contributed by atoms with Crippen LogP contribution in [0.1, 0.15) is 44.9 Å². The first-order valence-electron chi connectivity index (χ1n) is 13.7. The Hall–Kier alpha value is -4.54. The van der Waals surface area contributed by atoms with Gasteiger partial charge in [0.1, 0.15) is 23.1 Å². The molecule has 1 aliphatic rings. The van der Waals surface area contributed by atoms with Gasteiger partial charge in [0.15, 0.2) is 11.5 Å². The second-order valence-electron chi connectivity index (χ2n) is 10.9. The van der Waals surface area contributed by atoms with Crippen LogP contribution < -0.4 is 10.6 Å². The van der Waals surface area contributed by atoms with Gasteiger partial charge in [0.25, 0.3) is 0 Å². The summed E-state index contributed by atoms with van der Waals surface area (Å²) in [6, 6.07) is 5.47. The largest absolute Gasteiger partial charge is 0.355 e. The highest BCUT2D eigenvalue weighted by Gasteiger charge is 2.34. The van der Waals surface area contributed by atoms with Crippen LogP contribution in [-0.4, -0.2) is 55.5 Å². The number of hydrogen-bond donors (Lipinski definition) is 0. The minimum absolute atomic E-state index is 0.0218. The highest BCUT2D eigenvalue weighted by Crippen LogP contribution is 2.35. The summed E-state index contributed by atoms with van der Waals surface area (Å²) in [5.41, 5.74) is -0.251. The Kier molecular flexibility index (Phi) is 7.61. The third-order valence-electron chi connectivity index (χ3n) is 7.64. The topological polar surface area (TPSA) is 84.2 Å². The molecule has 1 fully saturated rings. The second-order valence-corrected chi connectivity index (χ2v) is 10.9. The van der Waals surface area contributed by atoms with Crippen molar-refractivity contribution in [3.63, 3.8) is 0 Å². The molecule has 0 bridgehead atoms. The lowest BCUT2D eigenvalue weighted by atomic mass is 10.0. The fourth-order valence-corrected chi connectivity index (χ4v) is 5.56. The summed E-state index contributed by atoms with van der Waals surface area (Å²) in [5, 5.41) is 0.174. The van der Waals surface area contributed by atoms with Crippen molar-refractivity contribution in [3.05, 3.63) is 88.4 Å². The fourth-order valence-electron chi connectivity index (χ4n) is 5.56. The molecule has 4 aromatic rings. The number of benzene rings is 1. The number of amides is 1. The molecule has 0 N–H and O–H groups in total. The molecule has 1 aromatic carbocycles. The van der Waals surface area contributed by atoms with Gasteiger partial charge in [0.2, 0.25) is 5.91 Å². The first kappa shape index (κ1) is 29.0. The Balaban J connectivity index is 1.85. The summed E-state index contributed by atoms with van der Waals surface area (Å²) in [6.45, 7) is 13.5. The maximum Gasteiger partial charge on any atom is 0.355 e. The van der Waals surface area contributed by atoms with Gasteiger partial charge in [-0.3, -0.25) is 9.78 Å².